The van der Waals surface area contributed by atoms with Crippen molar-refractivity contribution in [2.45, 2.75) is 25.4 Å². The number of anilines is 1. The maximum absolute atomic E-state index is 15.2. The zero-order chi connectivity index (χ0) is 30.4. The molecule has 1 fully saturated rings. The fraction of sp³-hybridized carbons (Fsp3) is 0.360. The number of imidazole rings is 1. The van der Waals surface area contributed by atoms with Crippen molar-refractivity contribution in [1.82, 2.24) is 14.3 Å². The summed E-state index contributed by atoms with van der Waals surface area (Å²) in [7, 11) is -0.0505. The predicted octanol–water partition coefficient (Wildman–Crippen LogP) is 0.422. The minimum atomic E-state index is -3.73. The summed E-state index contributed by atoms with van der Waals surface area (Å²) in [6.45, 7) is 0.174. The lowest BCUT2D eigenvalue weighted by Gasteiger charge is -2.28. The number of aryl methyl sites for hydroxylation is 1. The summed E-state index contributed by atoms with van der Waals surface area (Å²) >= 11 is 7.20. The van der Waals surface area contributed by atoms with Gasteiger partial charge >= 0.3 is 0 Å². The summed E-state index contributed by atoms with van der Waals surface area (Å²) in [4.78, 5) is 39.1. The minimum absolute atomic E-state index is 0.0696. The number of nitrogens with zero attached hydrogens (tertiary/aromatic N) is 4. The monoisotopic (exact) mass is 628 g/mol. The zero-order valence-corrected chi connectivity index (χ0v) is 24.7. The van der Waals surface area contributed by atoms with Gasteiger partial charge in [0.15, 0.2) is 12.4 Å². The van der Waals surface area contributed by atoms with Gasteiger partial charge in [0.25, 0.3) is 5.91 Å². The van der Waals surface area contributed by atoms with Crippen molar-refractivity contribution in [3.05, 3.63) is 63.6 Å². The Morgan fingerprint density at radius 3 is 2.66 bits per heavy atom. The van der Waals surface area contributed by atoms with E-state index in [1.165, 1.54) is 28.4 Å². The van der Waals surface area contributed by atoms with E-state index in [1.807, 2.05) is 14.1 Å². The van der Waals surface area contributed by atoms with Gasteiger partial charge in [0.1, 0.15) is 18.4 Å². The third kappa shape index (κ3) is 8.81. The van der Waals surface area contributed by atoms with E-state index in [0.29, 0.717) is 22.4 Å². The molecule has 2 amide bonds. The summed E-state index contributed by atoms with van der Waals surface area (Å²) < 4.78 is 45.4. The molecule has 222 valence electrons. The van der Waals surface area contributed by atoms with Crippen LogP contribution in [0.2, 0.25) is 4.34 Å². The van der Waals surface area contributed by atoms with Gasteiger partial charge in [-0.25, -0.2) is 22.5 Å². The number of nitrogens with two attached hydrogens (primary N) is 1. The van der Waals surface area contributed by atoms with Crippen molar-refractivity contribution < 1.29 is 36.8 Å². The van der Waals surface area contributed by atoms with Crippen LogP contribution < -0.4 is 20.5 Å². The normalized spacial score (nSPS) is 15.5. The van der Waals surface area contributed by atoms with Crippen LogP contribution in [0.5, 0.6) is 0 Å². The topological polar surface area (TPSA) is 168 Å². The van der Waals surface area contributed by atoms with Gasteiger partial charge in [0, 0.05) is 42.0 Å². The SMILES string of the molecule is C[N+](C)(CC(N)=O)Cc1nccn1-c1ccc(N2CC[C@H](NS(=O)(=O)CCc3ccc(Cl)s3)C2=O)c(F)c1.O=C[O-]. The lowest BCUT2D eigenvalue weighted by molar-refractivity contribution is -0.896. The molecule has 12 nitrogen and oxygen atoms in total. The number of carbonyl (C=O) groups excluding carboxylic acids is 3. The van der Waals surface area contributed by atoms with Crippen LogP contribution in [0.25, 0.3) is 5.69 Å². The number of amides is 2. The van der Waals surface area contributed by atoms with Crippen molar-refractivity contribution in [2.24, 2.45) is 5.73 Å². The number of carboxylic acid groups (broad SMARTS) is 1. The lowest BCUT2D eigenvalue weighted by atomic mass is 10.2. The number of benzene rings is 1. The van der Waals surface area contributed by atoms with Gasteiger partial charge in [0.2, 0.25) is 15.9 Å². The molecule has 1 saturated heterocycles. The Bertz CT molecular complexity index is 1510. The summed E-state index contributed by atoms with van der Waals surface area (Å²) in [5.41, 5.74) is 5.91. The highest BCUT2D eigenvalue weighted by molar-refractivity contribution is 7.89. The molecule has 16 heteroatoms. The number of likely N-dealkylation sites (N-methyl/N-ethyl adjacent to an activating group) is 1. The molecule has 3 aromatic rings. The highest BCUT2D eigenvalue weighted by Gasteiger charge is 2.36. The summed E-state index contributed by atoms with van der Waals surface area (Å²) in [6.07, 6.45) is 3.77. The molecule has 1 aromatic carbocycles. The van der Waals surface area contributed by atoms with Gasteiger partial charge in [-0.05, 0) is 37.1 Å². The second-order valence-electron chi connectivity index (χ2n) is 9.89. The molecule has 41 heavy (non-hydrogen) atoms. The van der Waals surface area contributed by atoms with E-state index in [9.17, 15) is 18.0 Å². The van der Waals surface area contributed by atoms with Crippen molar-refractivity contribution in [3.8, 4) is 5.69 Å². The molecule has 3 heterocycles. The highest BCUT2D eigenvalue weighted by Crippen LogP contribution is 2.28. The molecule has 4 rings (SSSR count). The first-order valence-corrected chi connectivity index (χ1v) is 15.1. The fourth-order valence-corrected chi connectivity index (χ4v) is 6.91. The van der Waals surface area contributed by atoms with Crippen LogP contribution in [0.15, 0.2) is 42.7 Å². The Morgan fingerprint density at radius 1 is 1.34 bits per heavy atom. The maximum Gasteiger partial charge on any atom is 0.272 e. The van der Waals surface area contributed by atoms with Crippen LogP contribution in [0.1, 0.15) is 17.1 Å². The number of nitrogens with one attached hydrogen (secondary N) is 1. The molecule has 0 bridgehead atoms. The van der Waals surface area contributed by atoms with Crippen molar-refractivity contribution in [2.75, 3.05) is 37.8 Å². The molecule has 1 atom stereocenters. The molecular formula is C25H30ClFN6O6S2. The van der Waals surface area contributed by atoms with Crippen molar-refractivity contribution >= 4 is 56.9 Å². The molecule has 0 saturated carbocycles. The standard InChI is InChI=1S/C24H28ClFN6O4S2.CH2O2/c1-32(2,14-22(27)33)15-23-28-9-11-30(23)16-3-5-20(18(26)13-16)31-10-7-19(24(31)34)29-38(35,36)12-8-17-4-6-21(25)37-17;2-1-3/h3-6,9,11,13,19,29H,7-8,10,12,14-15H2,1-2H3,(H-,27,33);1H,(H,2,3)/t19-;/m0./s1. The fourth-order valence-electron chi connectivity index (χ4n) is 4.44. The van der Waals surface area contributed by atoms with Crippen molar-refractivity contribution in [1.29, 1.82) is 0 Å². The van der Waals surface area contributed by atoms with Crippen LogP contribution in [0, 0.1) is 5.82 Å². The molecule has 0 unspecified atom stereocenters. The number of sulfonamides is 1. The Balaban J connectivity index is 0.00000147. The first-order chi connectivity index (χ1) is 19.2. The van der Waals surface area contributed by atoms with Gasteiger partial charge in [-0.1, -0.05) is 11.6 Å². The molecule has 1 aliphatic heterocycles. The molecule has 0 spiro atoms. The Kier molecular flexibility index (Phi) is 10.6. The van der Waals surface area contributed by atoms with Gasteiger partial charge in [-0.15, -0.1) is 11.3 Å². The largest absolute Gasteiger partial charge is 0.554 e. The number of hydrogen-bond donors (Lipinski definition) is 2. The smallest absolute Gasteiger partial charge is 0.272 e. The van der Waals surface area contributed by atoms with Crippen LogP contribution in [0.4, 0.5) is 10.1 Å². The Morgan fingerprint density at radius 2 is 2.05 bits per heavy atom. The van der Waals surface area contributed by atoms with Crippen LogP contribution in [-0.4, -0.2) is 79.7 Å². The Hall–Kier alpha value is -3.37. The molecule has 0 radical (unpaired) electrons. The molecule has 1 aliphatic rings. The third-order valence-electron chi connectivity index (χ3n) is 6.14. The van der Waals surface area contributed by atoms with Gasteiger partial charge < -0.3 is 25.0 Å². The number of rotatable bonds is 11. The third-order valence-corrected chi connectivity index (χ3v) is 8.82. The minimum Gasteiger partial charge on any atom is -0.554 e. The van der Waals surface area contributed by atoms with E-state index in [4.69, 9.17) is 27.2 Å². The van der Waals surface area contributed by atoms with E-state index in [2.05, 4.69) is 9.71 Å². The molecule has 3 N–H and O–H groups in total. The first-order valence-electron chi connectivity index (χ1n) is 12.3. The highest BCUT2D eigenvalue weighted by atomic mass is 35.5. The number of quaternary nitrogens is 1. The second kappa shape index (κ2) is 13.5. The van der Waals surface area contributed by atoms with E-state index < -0.39 is 40.2 Å². The van der Waals surface area contributed by atoms with Gasteiger partial charge in [-0.3, -0.25) is 14.2 Å². The average Bonchev–Trinajstić information content (AvgIpc) is 3.58. The van der Waals surface area contributed by atoms with Gasteiger partial charge in [-0.2, -0.15) is 0 Å². The second-order valence-corrected chi connectivity index (χ2v) is 13.6. The Labute approximate surface area is 245 Å². The van der Waals surface area contributed by atoms with E-state index >= 15 is 4.39 Å². The van der Waals surface area contributed by atoms with Gasteiger partial charge in [0.05, 0.1) is 29.9 Å². The van der Waals surface area contributed by atoms with Crippen LogP contribution in [-0.2, 0) is 37.4 Å². The lowest BCUT2D eigenvalue weighted by Crippen LogP contribution is -2.45. The van der Waals surface area contributed by atoms with E-state index in [-0.39, 0.29) is 41.9 Å². The number of aromatic nitrogens is 2. The summed E-state index contributed by atoms with van der Waals surface area (Å²) in [5.74, 6) is -1.14. The van der Waals surface area contributed by atoms with E-state index in [1.54, 1.807) is 35.2 Å². The number of primary amides is 1. The maximum atomic E-state index is 15.2. The summed E-state index contributed by atoms with van der Waals surface area (Å²) in [5, 5.41) is 8.25. The molecule has 0 aliphatic carbocycles. The summed E-state index contributed by atoms with van der Waals surface area (Å²) in [6, 6.07) is 6.97. The first kappa shape index (κ1) is 32.1. The number of carbonyl (C=O) groups is 3. The molecule has 2 aromatic heterocycles. The zero-order valence-electron chi connectivity index (χ0n) is 22.3. The van der Waals surface area contributed by atoms with E-state index in [0.717, 1.165) is 4.88 Å². The predicted molar refractivity (Wildman–Crippen MR) is 150 cm³/mol. The number of halogens is 2. The average molecular weight is 629 g/mol. The van der Waals surface area contributed by atoms with Crippen molar-refractivity contribution in [3.63, 3.8) is 0 Å². The van der Waals surface area contributed by atoms with Crippen LogP contribution in [0.3, 0.4) is 0 Å². The molecular weight excluding hydrogens is 599 g/mol. The number of thiophene rings is 1. The quantitative estimate of drug-likeness (QED) is 0.229. The van der Waals surface area contributed by atoms with Crippen LogP contribution >= 0.6 is 22.9 Å². The number of hydrogen-bond acceptors (Lipinski definition) is 8.